The first-order valence-corrected chi connectivity index (χ1v) is 11.5. The first-order valence-electron chi connectivity index (χ1n) is 11.5. The maximum absolute atomic E-state index is 5.98. The molecule has 0 radical (unpaired) electrons. The van der Waals surface area contributed by atoms with Crippen molar-refractivity contribution in [2.24, 2.45) is 42.9 Å². The van der Waals surface area contributed by atoms with Crippen LogP contribution >= 0.6 is 0 Å². The number of nitrogens with zero attached hydrogens (tertiary/aromatic N) is 4. The zero-order chi connectivity index (χ0) is 25.9. The van der Waals surface area contributed by atoms with E-state index in [4.69, 9.17) is 32.4 Å². The number of anilines is 2. The standard InChI is InChI=1S/C24H34N10O2/c1-35-19-11-7-17(8-12-19)31-23(27)33-21(25)29-15-3-5-16(6-4-15)30-22(26)34-24(28)32-18-9-13-20(36-2)14-10-18/h7-16H,3-6H2,1-2H3,(H5,25,27,29,31,33)(H5,26,28,30,32,34). The van der Waals surface area contributed by atoms with Gasteiger partial charge in [0.25, 0.3) is 0 Å². The molecule has 2 aromatic carbocycles. The van der Waals surface area contributed by atoms with Crippen molar-refractivity contribution in [1.29, 1.82) is 0 Å². The van der Waals surface area contributed by atoms with Crippen molar-refractivity contribution in [2.75, 3.05) is 24.9 Å². The molecular formula is C24H34N10O2. The summed E-state index contributed by atoms with van der Waals surface area (Å²) >= 11 is 0. The van der Waals surface area contributed by atoms with Gasteiger partial charge in [0.2, 0.25) is 23.8 Å². The molecule has 3 rings (SSSR count). The Morgan fingerprint density at radius 2 is 0.972 bits per heavy atom. The summed E-state index contributed by atoms with van der Waals surface area (Å²) in [7, 11) is 3.22. The van der Waals surface area contributed by atoms with Gasteiger partial charge in [-0.25, -0.2) is 9.98 Å². The molecule has 0 aliphatic heterocycles. The van der Waals surface area contributed by atoms with Crippen LogP contribution < -0.4 is 43.0 Å². The van der Waals surface area contributed by atoms with Crippen LogP contribution in [0.25, 0.3) is 0 Å². The molecule has 192 valence electrons. The van der Waals surface area contributed by atoms with Gasteiger partial charge in [-0.05, 0) is 74.2 Å². The molecule has 1 saturated carbocycles. The minimum atomic E-state index is 0.0421. The Bertz CT molecular complexity index is 1010. The second-order valence-electron chi connectivity index (χ2n) is 8.14. The number of nitrogens with one attached hydrogen (secondary N) is 2. The monoisotopic (exact) mass is 494 g/mol. The molecule has 1 aliphatic rings. The third-order valence-corrected chi connectivity index (χ3v) is 5.49. The van der Waals surface area contributed by atoms with Crippen LogP contribution in [0.5, 0.6) is 11.5 Å². The van der Waals surface area contributed by atoms with Crippen molar-refractivity contribution < 1.29 is 9.47 Å². The molecule has 0 spiro atoms. The topological polar surface area (TPSA) is 196 Å². The second kappa shape index (κ2) is 12.8. The summed E-state index contributed by atoms with van der Waals surface area (Å²) in [5.74, 6) is 2.07. The van der Waals surface area contributed by atoms with Crippen LogP contribution in [-0.4, -0.2) is 50.1 Å². The third-order valence-electron chi connectivity index (χ3n) is 5.49. The van der Waals surface area contributed by atoms with E-state index in [1.807, 2.05) is 48.5 Å². The first kappa shape index (κ1) is 26.1. The fourth-order valence-corrected chi connectivity index (χ4v) is 3.70. The molecular weight excluding hydrogens is 460 g/mol. The van der Waals surface area contributed by atoms with E-state index >= 15 is 0 Å². The van der Waals surface area contributed by atoms with E-state index in [0.717, 1.165) is 48.6 Å². The molecule has 10 N–H and O–H groups in total. The summed E-state index contributed by atoms with van der Waals surface area (Å²) in [6, 6.07) is 14.7. The summed E-state index contributed by atoms with van der Waals surface area (Å²) in [5.41, 5.74) is 25.4. The van der Waals surface area contributed by atoms with Crippen molar-refractivity contribution in [3.05, 3.63) is 48.5 Å². The first-order chi connectivity index (χ1) is 17.3. The van der Waals surface area contributed by atoms with E-state index < -0.39 is 0 Å². The summed E-state index contributed by atoms with van der Waals surface area (Å²) in [6.07, 6.45) is 3.19. The van der Waals surface area contributed by atoms with Gasteiger partial charge in [-0.2, -0.15) is 9.98 Å². The summed E-state index contributed by atoms with van der Waals surface area (Å²) in [5, 5.41) is 5.94. The molecule has 0 heterocycles. The Labute approximate surface area is 210 Å². The number of guanidine groups is 4. The molecule has 0 aromatic heterocycles. The van der Waals surface area contributed by atoms with Gasteiger partial charge >= 0.3 is 0 Å². The molecule has 0 amide bonds. The fourth-order valence-electron chi connectivity index (χ4n) is 3.70. The van der Waals surface area contributed by atoms with Gasteiger partial charge < -0.3 is 43.0 Å². The molecule has 12 heteroatoms. The quantitative estimate of drug-likeness (QED) is 0.258. The smallest absolute Gasteiger partial charge is 0.218 e. The van der Waals surface area contributed by atoms with Crippen molar-refractivity contribution >= 4 is 35.2 Å². The highest BCUT2D eigenvalue weighted by Gasteiger charge is 2.21. The lowest BCUT2D eigenvalue weighted by Crippen LogP contribution is -2.29. The summed E-state index contributed by atoms with van der Waals surface area (Å²) < 4.78 is 10.3. The number of hydrogen-bond acceptors (Lipinski definition) is 4. The number of benzene rings is 2. The number of aliphatic imine (C=N–C) groups is 4. The van der Waals surface area contributed by atoms with Gasteiger partial charge in [0, 0.05) is 11.4 Å². The second-order valence-corrected chi connectivity index (χ2v) is 8.14. The Kier molecular flexibility index (Phi) is 9.32. The van der Waals surface area contributed by atoms with Gasteiger partial charge in [0.15, 0.2) is 0 Å². The van der Waals surface area contributed by atoms with Gasteiger partial charge in [-0.3, -0.25) is 0 Å². The number of hydrogen-bond donors (Lipinski definition) is 6. The fraction of sp³-hybridized carbons (Fsp3) is 0.333. The Balaban J connectivity index is 1.47. The third kappa shape index (κ3) is 8.38. The van der Waals surface area contributed by atoms with Crippen molar-refractivity contribution in [3.63, 3.8) is 0 Å². The molecule has 2 aromatic rings. The van der Waals surface area contributed by atoms with Gasteiger partial charge in [0.1, 0.15) is 11.5 Å². The average Bonchev–Trinajstić information content (AvgIpc) is 2.86. The van der Waals surface area contributed by atoms with E-state index in [0.29, 0.717) is 0 Å². The van der Waals surface area contributed by atoms with Crippen LogP contribution in [0.3, 0.4) is 0 Å². The Hall–Kier alpha value is -4.48. The van der Waals surface area contributed by atoms with E-state index in [9.17, 15) is 0 Å². The largest absolute Gasteiger partial charge is 0.497 e. The highest BCUT2D eigenvalue weighted by molar-refractivity contribution is 6.01. The lowest BCUT2D eigenvalue weighted by molar-refractivity contribution is 0.397. The van der Waals surface area contributed by atoms with Crippen LogP contribution in [0.15, 0.2) is 68.5 Å². The zero-order valence-electron chi connectivity index (χ0n) is 20.5. The minimum Gasteiger partial charge on any atom is -0.497 e. The molecule has 1 fully saturated rings. The lowest BCUT2D eigenvalue weighted by atomic mass is 9.92. The van der Waals surface area contributed by atoms with Crippen LogP contribution in [-0.2, 0) is 0 Å². The average molecular weight is 495 g/mol. The van der Waals surface area contributed by atoms with Gasteiger partial charge in [0.05, 0.1) is 26.3 Å². The minimum absolute atomic E-state index is 0.0421. The molecule has 36 heavy (non-hydrogen) atoms. The Morgan fingerprint density at radius 3 is 1.28 bits per heavy atom. The summed E-state index contributed by atoms with van der Waals surface area (Å²) in [6.45, 7) is 0. The lowest BCUT2D eigenvalue weighted by Gasteiger charge is -2.23. The number of rotatable bonds is 6. The van der Waals surface area contributed by atoms with Crippen LogP contribution in [0.4, 0.5) is 11.4 Å². The van der Waals surface area contributed by atoms with Crippen LogP contribution in [0, 0.1) is 0 Å². The number of methoxy groups -OCH3 is 2. The van der Waals surface area contributed by atoms with E-state index in [2.05, 4.69) is 30.6 Å². The number of nitrogens with two attached hydrogens (primary N) is 4. The molecule has 0 unspecified atom stereocenters. The van der Waals surface area contributed by atoms with Crippen molar-refractivity contribution in [3.8, 4) is 11.5 Å². The predicted molar refractivity (Wildman–Crippen MR) is 146 cm³/mol. The zero-order valence-corrected chi connectivity index (χ0v) is 20.5. The number of ether oxygens (including phenoxy) is 2. The SMILES string of the molecule is COc1ccc(N/C(N)=N/C(N)=NC2CCC(N=C(N)/N=C(\N)Nc3ccc(OC)cc3)CC2)cc1. The van der Waals surface area contributed by atoms with E-state index in [1.165, 1.54) is 0 Å². The normalized spacial score (nSPS) is 19.5. The summed E-state index contributed by atoms with van der Waals surface area (Å²) in [4.78, 5) is 17.3. The molecule has 0 atom stereocenters. The maximum Gasteiger partial charge on any atom is 0.218 e. The van der Waals surface area contributed by atoms with E-state index in [1.54, 1.807) is 14.2 Å². The van der Waals surface area contributed by atoms with Crippen molar-refractivity contribution in [2.45, 2.75) is 37.8 Å². The molecule has 0 saturated heterocycles. The Morgan fingerprint density at radius 1 is 0.639 bits per heavy atom. The van der Waals surface area contributed by atoms with Gasteiger partial charge in [-0.1, -0.05) is 0 Å². The predicted octanol–water partition coefficient (Wildman–Crippen LogP) is 1.80. The highest BCUT2D eigenvalue weighted by Crippen LogP contribution is 2.24. The maximum atomic E-state index is 5.98. The van der Waals surface area contributed by atoms with Gasteiger partial charge in [-0.15, -0.1) is 0 Å². The molecule has 1 aliphatic carbocycles. The van der Waals surface area contributed by atoms with E-state index in [-0.39, 0.29) is 35.9 Å². The van der Waals surface area contributed by atoms with Crippen LogP contribution in [0.2, 0.25) is 0 Å². The molecule has 0 bridgehead atoms. The van der Waals surface area contributed by atoms with Crippen molar-refractivity contribution in [1.82, 2.24) is 0 Å². The highest BCUT2D eigenvalue weighted by atomic mass is 16.5. The molecule has 12 nitrogen and oxygen atoms in total. The van der Waals surface area contributed by atoms with Crippen LogP contribution in [0.1, 0.15) is 25.7 Å².